The zero-order valence-corrected chi connectivity index (χ0v) is 11.0. The maximum atomic E-state index is 11.7. The highest BCUT2D eigenvalue weighted by atomic mass is 16.4. The van der Waals surface area contributed by atoms with Crippen LogP contribution in [0.2, 0.25) is 0 Å². The van der Waals surface area contributed by atoms with E-state index in [0.29, 0.717) is 17.8 Å². The fraction of sp³-hybridized carbons (Fsp3) is 0.562. The van der Waals surface area contributed by atoms with Gasteiger partial charge >= 0.3 is 5.97 Å². The van der Waals surface area contributed by atoms with Crippen LogP contribution in [0.25, 0.3) is 0 Å². The molecule has 1 saturated carbocycles. The number of fused-ring (bicyclic) bond motifs is 3. The molecule has 0 spiro atoms. The second-order valence-corrected chi connectivity index (χ2v) is 6.08. The van der Waals surface area contributed by atoms with Crippen molar-refractivity contribution in [3.05, 3.63) is 34.9 Å². The summed E-state index contributed by atoms with van der Waals surface area (Å²) < 4.78 is 0. The molecule has 96 valence electrons. The molecule has 1 aromatic rings. The molecular formula is C16H20O2. The van der Waals surface area contributed by atoms with Crippen molar-refractivity contribution in [2.75, 3.05) is 0 Å². The van der Waals surface area contributed by atoms with Gasteiger partial charge in [-0.15, -0.1) is 0 Å². The minimum atomic E-state index is -0.632. The van der Waals surface area contributed by atoms with E-state index in [1.54, 1.807) is 0 Å². The molecule has 0 aromatic heterocycles. The molecule has 0 saturated heterocycles. The largest absolute Gasteiger partial charge is 0.481 e. The number of benzene rings is 1. The quantitative estimate of drug-likeness (QED) is 0.818. The monoisotopic (exact) mass is 244 g/mol. The van der Waals surface area contributed by atoms with Crippen LogP contribution in [0, 0.1) is 18.8 Å². The number of carbonyl (C=O) groups is 1. The summed E-state index contributed by atoms with van der Waals surface area (Å²) in [7, 11) is 0. The smallest absolute Gasteiger partial charge is 0.311 e. The number of hydrogen-bond acceptors (Lipinski definition) is 1. The Hall–Kier alpha value is -1.31. The van der Waals surface area contributed by atoms with E-state index in [-0.39, 0.29) is 5.92 Å². The lowest BCUT2D eigenvalue weighted by Crippen LogP contribution is -2.25. The summed E-state index contributed by atoms with van der Waals surface area (Å²) in [6.07, 6.45) is 3.46. The van der Waals surface area contributed by atoms with Crippen LogP contribution in [-0.4, -0.2) is 11.1 Å². The van der Waals surface area contributed by atoms with Crippen molar-refractivity contribution in [2.24, 2.45) is 11.8 Å². The first-order chi connectivity index (χ1) is 8.59. The van der Waals surface area contributed by atoms with E-state index < -0.39 is 5.97 Å². The number of hydrogen-bond donors (Lipinski definition) is 1. The molecule has 1 N–H and O–H groups in total. The molecule has 0 amide bonds. The number of carboxylic acid groups (broad SMARTS) is 1. The third-order valence-electron chi connectivity index (χ3n) is 4.92. The van der Waals surface area contributed by atoms with E-state index in [4.69, 9.17) is 0 Å². The molecule has 0 heterocycles. The van der Waals surface area contributed by atoms with Gasteiger partial charge in [0.2, 0.25) is 0 Å². The Morgan fingerprint density at radius 1 is 1.33 bits per heavy atom. The fourth-order valence-electron chi connectivity index (χ4n) is 4.15. The van der Waals surface area contributed by atoms with Gasteiger partial charge in [-0.05, 0) is 54.2 Å². The average Bonchev–Trinajstić information content (AvgIpc) is 2.64. The first-order valence-electron chi connectivity index (χ1n) is 6.91. The molecular weight excluding hydrogens is 224 g/mol. The highest BCUT2D eigenvalue weighted by Crippen LogP contribution is 2.55. The van der Waals surface area contributed by atoms with E-state index in [0.717, 1.165) is 24.0 Å². The lowest BCUT2D eigenvalue weighted by atomic mass is 9.72. The lowest BCUT2D eigenvalue weighted by molar-refractivity contribution is -0.140. The molecule has 0 radical (unpaired) electrons. The van der Waals surface area contributed by atoms with Crippen LogP contribution in [0.5, 0.6) is 0 Å². The predicted molar refractivity (Wildman–Crippen MR) is 70.8 cm³/mol. The Morgan fingerprint density at radius 2 is 2.11 bits per heavy atom. The first-order valence-corrected chi connectivity index (χ1v) is 6.91. The van der Waals surface area contributed by atoms with Gasteiger partial charge in [0.1, 0.15) is 0 Å². The third kappa shape index (κ3) is 1.58. The van der Waals surface area contributed by atoms with Gasteiger partial charge in [0, 0.05) is 0 Å². The summed E-state index contributed by atoms with van der Waals surface area (Å²) in [4.78, 5) is 11.7. The zero-order valence-electron chi connectivity index (χ0n) is 11.0. The maximum Gasteiger partial charge on any atom is 0.311 e. The van der Waals surface area contributed by atoms with Crippen molar-refractivity contribution >= 4 is 5.97 Å². The van der Waals surface area contributed by atoms with Crippen molar-refractivity contribution in [1.29, 1.82) is 0 Å². The summed E-state index contributed by atoms with van der Waals surface area (Å²) in [6.45, 7) is 4.31. The molecule has 4 unspecified atom stereocenters. The van der Waals surface area contributed by atoms with Gasteiger partial charge in [-0.2, -0.15) is 0 Å². The van der Waals surface area contributed by atoms with Crippen molar-refractivity contribution in [1.82, 2.24) is 0 Å². The average molecular weight is 244 g/mol. The van der Waals surface area contributed by atoms with Crippen LogP contribution < -0.4 is 0 Å². The predicted octanol–water partition coefficient (Wildman–Crippen LogP) is 3.70. The zero-order chi connectivity index (χ0) is 12.9. The minimum Gasteiger partial charge on any atom is -0.481 e. The van der Waals surface area contributed by atoms with Gasteiger partial charge in [0.15, 0.2) is 0 Å². The highest BCUT2D eigenvalue weighted by molar-refractivity contribution is 5.79. The van der Waals surface area contributed by atoms with Crippen LogP contribution >= 0.6 is 0 Å². The molecule has 4 atom stereocenters. The van der Waals surface area contributed by atoms with Crippen molar-refractivity contribution in [3.8, 4) is 0 Å². The maximum absolute atomic E-state index is 11.7. The summed E-state index contributed by atoms with van der Waals surface area (Å²) in [6, 6.07) is 6.28. The Bertz CT molecular complexity index is 492. The highest BCUT2D eigenvalue weighted by Gasteiger charge is 2.46. The molecule has 1 fully saturated rings. The topological polar surface area (TPSA) is 37.3 Å². The van der Waals surface area contributed by atoms with Gasteiger partial charge in [-0.3, -0.25) is 4.79 Å². The van der Waals surface area contributed by atoms with E-state index in [1.807, 2.05) is 0 Å². The standard InChI is InChI=1S/C16H20O2/c1-9-6-7-11-12-5-3-4-10(2)14(12)15(16(17)18)13(11)8-9/h3-5,9,11,13,15H,6-8H2,1-2H3,(H,17,18). The second-order valence-electron chi connectivity index (χ2n) is 6.08. The van der Waals surface area contributed by atoms with E-state index >= 15 is 0 Å². The van der Waals surface area contributed by atoms with Crippen molar-refractivity contribution in [2.45, 2.75) is 44.9 Å². The number of rotatable bonds is 1. The number of aryl methyl sites for hydroxylation is 1. The number of carboxylic acids is 1. The minimum absolute atomic E-state index is 0.269. The van der Waals surface area contributed by atoms with E-state index in [1.165, 1.54) is 12.0 Å². The van der Waals surface area contributed by atoms with Crippen LogP contribution in [0.1, 0.15) is 54.7 Å². The molecule has 1 aromatic carbocycles. The van der Waals surface area contributed by atoms with Gasteiger partial charge in [-0.25, -0.2) is 0 Å². The van der Waals surface area contributed by atoms with Crippen LogP contribution in [0.15, 0.2) is 18.2 Å². The van der Waals surface area contributed by atoms with E-state index in [9.17, 15) is 9.90 Å². The Kier molecular flexibility index (Phi) is 2.69. The molecule has 2 heteroatoms. The summed E-state index contributed by atoms with van der Waals surface area (Å²) in [5.41, 5.74) is 3.59. The third-order valence-corrected chi connectivity index (χ3v) is 4.92. The Labute approximate surface area is 108 Å². The molecule has 0 aliphatic heterocycles. The second kappa shape index (κ2) is 4.11. The molecule has 2 nitrogen and oxygen atoms in total. The van der Waals surface area contributed by atoms with Gasteiger partial charge in [0.25, 0.3) is 0 Å². The number of aliphatic carboxylic acids is 1. The summed E-state index contributed by atoms with van der Waals surface area (Å²) >= 11 is 0. The normalized spacial score (nSPS) is 33.9. The fourth-order valence-corrected chi connectivity index (χ4v) is 4.15. The molecule has 2 aliphatic rings. The van der Waals surface area contributed by atoms with Crippen molar-refractivity contribution in [3.63, 3.8) is 0 Å². The SMILES string of the molecule is Cc1cccc2c1C(C(=O)O)C1CC(C)CCC21. The first kappa shape index (κ1) is 11.8. The van der Waals surface area contributed by atoms with Crippen molar-refractivity contribution < 1.29 is 9.90 Å². The molecule has 3 rings (SSSR count). The summed E-state index contributed by atoms with van der Waals surface area (Å²) in [5.74, 6) is 0.573. The molecule has 2 aliphatic carbocycles. The lowest BCUT2D eigenvalue weighted by Gasteiger charge is -2.32. The van der Waals surface area contributed by atoms with Gasteiger partial charge < -0.3 is 5.11 Å². The summed E-state index contributed by atoms with van der Waals surface area (Å²) in [5, 5.41) is 9.61. The van der Waals surface area contributed by atoms with Crippen LogP contribution in [0.4, 0.5) is 0 Å². The Morgan fingerprint density at radius 3 is 2.83 bits per heavy atom. The van der Waals surface area contributed by atoms with Crippen LogP contribution in [0.3, 0.4) is 0 Å². The van der Waals surface area contributed by atoms with Crippen LogP contribution in [-0.2, 0) is 4.79 Å². The van der Waals surface area contributed by atoms with Gasteiger partial charge in [0.05, 0.1) is 5.92 Å². The molecule has 0 bridgehead atoms. The van der Waals surface area contributed by atoms with Gasteiger partial charge in [-0.1, -0.05) is 31.5 Å². The van der Waals surface area contributed by atoms with E-state index in [2.05, 4.69) is 32.0 Å². The Balaban J connectivity index is 2.11. The molecule has 18 heavy (non-hydrogen) atoms.